The van der Waals surface area contributed by atoms with E-state index in [1.807, 2.05) is 0 Å². The summed E-state index contributed by atoms with van der Waals surface area (Å²) in [5, 5.41) is 2.78. The van der Waals surface area contributed by atoms with Crippen molar-refractivity contribution >= 4 is 5.91 Å². The molecule has 0 unspecified atom stereocenters. The average molecular weight is 151 g/mol. The zero-order valence-electron chi connectivity index (χ0n) is 6.05. The highest BCUT2D eigenvalue weighted by Gasteiger charge is 2.16. The molecule has 2 heterocycles. The van der Waals surface area contributed by atoms with Crippen LogP contribution in [0.25, 0.3) is 0 Å². The van der Waals surface area contributed by atoms with Crippen molar-refractivity contribution in [1.29, 1.82) is 0 Å². The number of amides is 1. The molecule has 4 nitrogen and oxygen atoms in total. The van der Waals surface area contributed by atoms with E-state index in [0.717, 1.165) is 25.1 Å². The van der Waals surface area contributed by atoms with Gasteiger partial charge in [-0.3, -0.25) is 4.79 Å². The van der Waals surface area contributed by atoms with E-state index in [-0.39, 0.29) is 5.91 Å². The van der Waals surface area contributed by atoms with E-state index in [1.165, 1.54) is 0 Å². The van der Waals surface area contributed by atoms with Crippen molar-refractivity contribution in [1.82, 2.24) is 15.3 Å². The topological polar surface area (TPSA) is 57.8 Å². The Hall–Kier alpha value is -1.32. The molecule has 1 amide bonds. The molecule has 1 aliphatic heterocycles. The van der Waals surface area contributed by atoms with E-state index in [0.29, 0.717) is 5.69 Å². The van der Waals surface area contributed by atoms with Crippen LogP contribution in [-0.4, -0.2) is 22.4 Å². The van der Waals surface area contributed by atoms with Gasteiger partial charge in [-0.1, -0.05) is 0 Å². The standard InChI is InChI=1S/C7H9N3O/c11-7-6-5(9-4-10-6)2-1-3-8-7/h4H,1-3H2,(H,8,11)(H,9,10). The third kappa shape index (κ3) is 1.00. The Bertz CT molecular complexity index is 279. The zero-order chi connectivity index (χ0) is 7.68. The van der Waals surface area contributed by atoms with Gasteiger partial charge in [-0.15, -0.1) is 0 Å². The Labute approximate surface area is 64.0 Å². The molecule has 1 aromatic heterocycles. The number of hydrogen-bond acceptors (Lipinski definition) is 2. The first-order chi connectivity index (χ1) is 5.38. The van der Waals surface area contributed by atoms with Crippen LogP contribution >= 0.6 is 0 Å². The molecule has 2 N–H and O–H groups in total. The van der Waals surface area contributed by atoms with Crippen LogP contribution in [0.5, 0.6) is 0 Å². The van der Waals surface area contributed by atoms with E-state index >= 15 is 0 Å². The van der Waals surface area contributed by atoms with Gasteiger partial charge < -0.3 is 10.3 Å². The van der Waals surface area contributed by atoms with Gasteiger partial charge in [0, 0.05) is 6.54 Å². The van der Waals surface area contributed by atoms with Gasteiger partial charge in [0.2, 0.25) is 0 Å². The van der Waals surface area contributed by atoms with Crippen molar-refractivity contribution in [2.75, 3.05) is 6.54 Å². The molecule has 4 heteroatoms. The molecule has 0 aliphatic carbocycles. The fourth-order valence-electron chi connectivity index (χ4n) is 1.25. The van der Waals surface area contributed by atoms with Crippen LogP contribution in [0.3, 0.4) is 0 Å². The molecule has 0 radical (unpaired) electrons. The summed E-state index contributed by atoms with van der Waals surface area (Å²) < 4.78 is 0. The number of H-pyrrole nitrogens is 1. The summed E-state index contributed by atoms with van der Waals surface area (Å²) in [5.74, 6) is -0.0324. The predicted molar refractivity (Wildman–Crippen MR) is 39.2 cm³/mol. The minimum atomic E-state index is -0.0324. The maximum atomic E-state index is 11.2. The Morgan fingerprint density at radius 2 is 2.45 bits per heavy atom. The van der Waals surface area contributed by atoms with Gasteiger partial charge in [-0.25, -0.2) is 4.98 Å². The summed E-state index contributed by atoms with van der Waals surface area (Å²) in [6.45, 7) is 0.753. The number of rotatable bonds is 0. The molecule has 0 saturated heterocycles. The maximum absolute atomic E-state index is 11.2. The molecule has 0 spiro atoms. The van der Waals surface area contributed by atoms with Gasteiger partial charge in [0.15, 0.2) is 0 Å². The Kier molecular flexibility index (Phi) is 1.38. The van der Waals surface area contributed by atoms with Crippen LogP contribution in [0.1, 0.15) is 22.6 Å². The Morgan fingerprint density at radius 3 is 3.36 bits per heavy atom. The third-order valence-electron chi connectivity index (χ3n) is 1.82. The van der Waals surface area contributed by atoms with E-state index in [1.54, 1.807) is 6.33 Å². The van der Waals surface area contributed by atoms with Crippen LogP contribution in [0, 0.1) is 0 Å². The van der Waals surface area contributed by atoms with Crippen LogP contribution in [0.15, 0.2) is 6.33 Å². The second-order valence-corrected chi connectivity index (χ2v) is 2.58. The van der Waals surface area contributed by atoms with E-state index < -0.39 is 0 Å². The van der Waals surface area contributed by atoms with Crippen LogP contribution in [0.2, 0.25) is 0 Å². The number of hydrogen-bond donors (Lipinski definition) is 2. The normalized spacial score (nSPS) is 16.9. The molecule has 2 rings (SSSR count). The highest BCUT2D eigenvalue weighted by molar-refractivity contribution is 5.93. The lowest BCUT2D eigenvalue weighted by molar-refractivity contribution is 0.0951. The number of carbonyl (C=O) groups is 1. The summed E-state index contributed by atoms with van der Waals surface area (Å²) in [4.78, 5) is 18.1. The van der Waals surface area contributed by atoms with Crippen LogP contribution in [-0.2, 0) is 6.42 Å². The van der Waals surface area contributed by atoms with Crippen LogP contribution < -0.4 is 5.32 Å². The molecule has 1 aromatic rings. The molecule has 58 valence electrons. The molecule has 0 aromatic carbocycles. The molecule has 0 saturated carbocycles. The number of aromatic nitrogens is 2. The molecule has 11 heavy (non-hydrogen) atoms. The quantitative estimate of drug-likeness (QED) is 0.552. The van der Waals surface area contributed by atoms with Gasteiger partial charge in [0.1, 0.15) is 5.69 Å². The van der Waals surface area contributed by atoms with Crippen molar-refractivity contribution in [3.05, 3.63) is 17.7 Å². The number of nitrogens with zero attached hydrogens (tertiary/aromatic N) is 1. The first-order valence-electron chi connectivity index (χ1n) is 3.68. The maximum Gasteiger partial charge on any atom is 0.269 e. The Balaban J connectivity index is 2.41. The number of aromatic amines is 1. The highest BCUT2D eigenvalue weighted by atomic mass is 16.1. The number of fused-ring (bicyclic) bond motifs is 1. The number of nitrogens with one attached hydrogen (secondary N) is 2. The van der Waals surface area contributed by atoms with Crippen molar-refractivity contribution in [2.24, 2.45) is 0 Å². The van der Waals surface area contributed by atoms with Gasteiger partial charge >= 0.3 is 0 Å². The van der Waals surface area contributed by atoms with Gasteiger partial charge in [0.05, 0.1) is 12.0 Å². The molecule has 0 bridgehead atoms. The van der Waals surface area contributed by atoms with E-state index in [2.05, 4.69) is 15.3 Å². The summed E-state index contributed by atoms with van der Waals surface area (Å²) >= 11 is 0. The number of carbonyl (C=O) groups excluding carboxylic acids is 1. The molecule has 0 fully saturated rings. The van der Waals surface area contributed by atoms with Crippen molar-refractivity contribution < 1.29 is 4.79 Å². The summed E-state index contributed by atoms with van der Waals surface area (Å²) in [7, 11) is 0. The zero-order valence-corrected chi connectivity index (χ0v) is 6.05. The smallest absolute Gasteiger partial charge is 0.269 e. The fraction of sp³-hybridized carbons (Fsp3) is 0.429. The SMILES string of the molecule is O=C1NCCCc2nc[nH]c21. The molecule has 1 aliphatic rings. The largest absolute Gasteiger partial charge is 0.351 e. The highest BCUT2D eigenvalue weighted by Crippen LogP contribution is 2.08. The lowest BCUT2D eigenvalue weighted by Gasteiger charge is -1.95. The average Bonchev–Trinajstić information content (AvgIpc) is 2.40. The minimum absolute atomic E-state index is 0.0324. The third-order valence-corrected chi connectivity index (χ3v) is 1.82. The first-order valence-corrected chi connectivity index (χ1v) is 3.68. The van der Waals surface area contributed by atoms with E-state index in [9.17, 15) is 4.79 Å². The molecular formula is C7H9N3O. The first kappa shape index (κ1) is 6.39. The summed E-state index contributed by atoms with van der Waals surface area (Å²) in [6, 6.07) is 0. The molecular weight excluding hydrogens is 142 g/mol. The lowest BCUT2D eigenvalue weighted by atomic mass is 10.2. The van der Waals surface area contributed by atoms with Crippen molar-refractivity contribution in [3.63, 3.8) is 0 Å². The van der Waals surface area contributed by atoms with Crippen molar-refractivity contribution in [2.45, 2.75) is 12.8 Å². The Morgan fingerprint density at radius 1 is 1.55 bits per heavy atom. The predicted octanol–water partition coefficient (Wildman–Crippen LogP) is 0.0857. The molecule has 0 atom stereocenters. The van der Waals surface area contributed by atoms with Crippen LogP contribution in [0.4, 0.5) is 0 Å². The second-order valence-electron chi connectivity index (χ2n) is 2.58. The second kappa shape index (κ2) is 2.38. The van der Waals surface area contributed by atoms with Gasteiger partial charge in [-0.2, -0.15) is 0 Å². The minimum Gasteiger partial charge on any atom is -0.351 e. The van der Waals surface area contributed by atoms with Crippen molar-refractivity contribution in [3.8, 4) is 0 Å². The fourth-order valence-corrected chi connectivity index (χ4v) is 1.25. The summed E-state index contributed by atoms with van der Waals surface area (Å²) in [6.07, 6.45) is 3.43. The summed E-state index contributed by atoms with van der Waals surface area (Å²) in [5.41, 5.74) is 1.52. The van der Waals surface area contributed by atoms with E-state index in [4.69, 9.17) is 0 Å². The monoisotopic (exact) mass is 151 g/mol. The number of imidazole rings is 1. The van der Waals surface area contributed by atoms with Gasteiger partial charge in [0.25, 0.3) is 5.91 Å². The number of aryl methyl sites for hydroxylation is 1. The van der Waals surface area contributed by atoms with Gasteiger partial charge in [-0.05, 0) is 12.8 Å². The lowest BCUT2D eigenvalue weighted by Crippen LogP contribution is -2.22.